The first-order valence-electron chi connectivity index (χ1n) is 7.00. The first-order valence-corrected chi connectivity index (χ1v) is 8.25. The van der Waals surface area contributed by atoms with Gasteiger partial charge >= 0.3 is 0 Å². The van der Waals surface area contributed by atoms with E-state index in [1.165, 1.54) is 17.4 Å². The van der Waals surface area contributed by atoms with Crippen LogP contribution in [0.15, 0.2) is 17.7 Å². The topological polar surface area (TPSA) is 66.7 Å². The predicted molar refractivity (Wildman–Crippen MR) is 85.9 cm³/mol. The van der Waals surface area contributed by atoms with Gasteiger partial charge in [-0.15, -0.1) is 11.3 Å². The summed E-state index contributed by atoms with van der Waals surface area (Å²) in [7, 11) is 0. The first kappa shape index (κ1) is 15.1. The summed E-state index contributed by atoms with van der Waals surface area (Å²) in [6.07, 6.45) is 6.88. The summed E-state index contributed by atoms with van der Waals surface area (Å²) in [4.78, 5) is 30.4. The quantitative estimate of drug-likeness (QED) is 0.864. The number of fused-ring (bicyclic) bond motifs is 1. The molecule has 3 rings (SSSR count). The van der Waals surface area contributed by atoms with Gasteiger partial charge in [0.1, 0.15) is 0 Å². The van der Waals surface area contributed by atoms with Gasteiger partial charge in [0.2, 0.25) is 11.8 Å². The van der Waals surface area contributed by atoms with E-state index in [2.05, 4.69) is 10.3 Å². The molecule has 1 saturated heterocycles. The SMILES string of the molecule is O=C(/C=C/c1c(Cl)nc2sccn12)NCC(=O)N1CCCC1. The van der Waals surface area contributed by atoms with Crippen molar-refractivity contribution in [2.24, 2.45) is 0 Å². The molecule has 0 unspecified atom stereocenters. The number of carbonyl (C=O) groups is 2. The highest BCUT2D eigenvalue weighted by atomic mass is 35.5. The number of aromatic nitrogens is 2. The zero-order chi connectivity index (χ0) is 15.5. The average Bonchev–Trinajstić information content (AvgIpc) is 3.20. The van der Waals surface area contributed by atoms with Crippen LogP contribution in [0.5, 0.6) is 0 Å². The van der Waals surface area contributed by atoms with E-state index in [0.717, 1.165) is 30.9 Å². The summed E-state index contributed by atoms with van der Waals surface area (Å²) in [5, 5.41) is 4.84. The van der Waals surface area contributed by atoms with E-state index >= 15 is 0 Å². The molecular weight excluding hydrogens is 324 g/mol. The smallest absolute Gasteiger partial charge is 0.244 e. The molecule has 3 heterocycles. The van der Waals surface area contributed by atoms with Crippen LogP contribution in [-0.4, -0.2) is 45.7 Å². The maximum atomic E-state index is 11.8. The monoisotopic (exact) mass is 338 g/mol. The summed E-state index contributed by atoms with van der Waals surface area (Å²) >= 11 is 7.50. The summed E-state index contributed by atoms with van der Waals surface area (Å²) in [6, 6.07) is 0. The van der Waals surface area contributed by atoms with Crippen molar-refractivity contribution >= 4 is 45.8 Å². The van der Waals surface area contributed by atoms with Crippen LogP contribution in [0.2, 0.25) is 5.15 Å². The molecule has 0 saturated carbocycles. The van der Waals surface area contributed by atoms with Crippen LogP contribution in [0.1, 0.15) is 18.5 Å². The van der Waals surface area contributed by atoms with Crippen molar-refractivity contribution in [2.45, 2.75) is 12.8 Å². The zero-order valence-corrected chi connectivity index (χ0v) is 13.4. The second kappa shape index (κ2) is 6.50. The highest BCUT2D eigenvalue weighted by Crippen LogP contribution is 2.22. The number of rotatable bonds is 4. The molecule has 6 nitrogen and oxygen atoms in total. The van der Waals surface area contributed by atoms with E-state index in [1.54, 1.807) is 11.0 Å². The Bertz CT molecular complexity index is 730. The lowest BCUT2D eigenvalue weighted by molar-refractivity contribution is -0.131. The van der Waals surface area contributed by atoms with Gasteiger partial charge < -0.3 is 10.2 Å². The van der Waals surface area contributed by atoms with Gasteiger partial charge in [-0.1, -0.05) is 11.6 Å². The van der Waals surface area contributed by atoms with Crippen molar-refractivity contribution in [1.29, 1.82) is 0 Å². The number of amides is 2. The second-order valence-corrected chi connectivity index (χ2v) is 6.21. The number of carbonyl (C=O) groups excluding carboxylic acids is 2. The van der Waals surface area contributed by atoms with E-state index in [9.17, 15) is 9.59 Å². The maximum Gasteiger partial charge on any atom is 0.244 e. The van der Waals surface area contributed by atoms with Crippen LogP contribution < -0.4 is 5.32 Å². The molecule has 2 aromatic heterocycles. The van der Waals surface area contributed by atoms with Gasteiger partial charge in [0, 0.05) is 30.7 Å². The van der Waals surface area contributed by atoms with Crippen molar-refractivity contribution in [1.82, 2.24) is 19.6 Å². The number of hydrogen-bond acceptors (Lipinski definition) is 4. The van der Waals surface area contributed by atoms with E-state index in [4.69, 9.17) is 11.6 Å². The lowest BCUT2D eigenvalue weighted by Crippen LogP contribution is -2.38. The number of nitrogens with zero attached hydrogens (tertiary/aromatic N) is 3. The minimum atomic E-state index is -0.325. The largest absolute Gasteiger partial charge is 0.343 e. The van der Waals surface area contributed by atoms with Crippen molar-refractivity contribution in [2.75, 3.05) is 19.6 Å². The van der Waals surface area contributed by atoms with Gasteiger partial charge in [0.15, 0.2) is 10.1 Å². The number of imidazole rings is 1. The third kappa shape index (κ3) is 3.15. The lowest BCUT2D eigenvalue weighted by atomic mass is 10.4. The Balaban J connectivity index is 1.58. The Morgan fingerprint density at radius 1 is 1.41 bits per heavy atom. The number of thiazole rings is 1. The molecule has 22 heavy (non-hydrogen) atoms. The molecular formula is C14H15ClN4O2S. The summed E-state index contributed by atoms with van der Waals surface area (Å²) in [5.41, 5.74) is 0.652. The third-order valence-electron chi connectivity index (χ3n) is 3.52. The Hall–Kier alpha value is -1.86. The number of halogens is 1. The molecule has 1 N–H and O–H groups in total. The van der Waals surface area contributed by atoms with Gasteiger partial charge in [-0.25, -0.2) is 4.98 Å². The van der Waals surface area contributed by atoms with Gasteiger partial charge in [-0.2, -0.15) is 0 Å². The van der Waals surface area contributed by atoms with Gasteiger partial charge in [-0.05, 0) is 18.9 Å². The fraction of sp³-hybridized carbons (Fsp3) is 0.357. The van der Waals surface area contributed by atoms with E-state index < -0.39 is 0 Å². The number of hydrogen-bond donors (Lipinski definition) is 1. The van der Waals surface area contributed by atoms with Crippen LogP contribution >= 0.6 is 22.9 Å². The molecule has 2 aromatic rings. The van der Waals surface area contributed by atoms with Crippen molar-refractivity contribution in [3.8, 4) is 0 Å². The van der Waals surface area contributed by atoms with Gasteiger partial charge in [-0.3, -0.25) is 14.0 Å². The molecule has 1 aliphatic heterocycles. The number of likely N-dealkylation sites (tertiary alicyclic amines) is 1. The molecule has 0 spiro atoms. The Labute approximate surface area is 136 Å². The molecule has 1 aliphatic rings. The van der Waals surface area contributed by atoms with Crippen LogP contribution in [0.4, 0.5) is 0 Å². The highest BCUT2D eigenvalue weighted by molar-refractivity contribution is 7.15. The standard InChI is InChI=1S/C14H15ClN4O2S/c15-13-10(19-7-8-22-14(19)17-13)3-4-11(20)16-9-12(21)18-5-1-2-6-18/h3-4,7-8H,1-2,5-6,9H2,(H,16,20)/b4-3+. The molecule has 116 valence electrons. The molecule has 8 heteroatoms. The third-order valence-corrected chi connectivity index (χ3v) is 4.55. The Kier molecular flexibility index (Phi) is 4.44. The van der Waals surface area contributed by atoms with E-state index in [1.807, 2.05) is 16.0 Å². The minimum Gasteiger partial charge on any atom is -0.343 e. The zero-order valence-electron chi connectivity index (χ0n) is 11.8. The highest BCUT2D eigenvalue weighted by Gasteiger charge is 2.17. The minimum absolute atomic E-state index is 0.0250. The Morgan fingerprint density at radius 3 is 2.95 bits per heavy atom. The average molecular weight is 339 g/mol. The van der Waals surface area contributed by atoms with Gasteiger partial charge in [0.25, 0.3) is 0 Å². The lowest BCUT2D eigenvalue weighted by Gasteiger charge is -2.14. The first-order chi connectivity index (χ1) is 10.6. The van der Waals surface area contributed by atoms with Crippen LogP contribution in [0.25, 0.3) is 11.0 Å². The van der Waals surface area contributed by atoms with Crippen molar-refractivity contribution < 1.29 is 9.59 Å². The fourth-order valence-electron chi connectivity index (χ4n) is 2.38. The van der Waals surface area contributed by atoms with Crippen LogP contribution in [-0.2, 0) is 9.59 Å². The summed E-state index contributed by atoms with van der Waals surface area (Å²) in [6.45, 7) is 1.59. The van der Waals surface area contributed by atoms with Crippen molar-refractivity contribution in [3.63, 3.8) is 0 Å². The molecule has 0 bridgehead atoms. The van der Waals surface area contributed by atoms with Crippen LogP contribution in [0, 0.1) is 0 Å². The molecule has 0 aromatic carbocycles. The molecule has 0 atom stereocenters. The molecule has 0 radical (unpaired) electrons. The van der Waals surface area contributed by atoms with Gasteiger partial charge in [0.05, 0.1) is 12.2 Å². The molecule has 1 fully saturated rings. The fourth-order valence-corrected chi connectivity index (χ4v) is 3.39. The molecule has 0 aliphatic carbocycles. The Morgan fingerprint density at radius 2 is 2.18 bits per heavy atom. The second-order valence-electron chi connectivity index (χ2n) is 4.98. The number of nitrogens with one attached hydrogen (secondary N) is 1. The van der Waals surface area contributed by atoms with E-state index in [0.29, 0.717) is 10.8 Å². The van der Waals surface area contributed by atoms with Crippen molar-refractivity contribution in [3.05, 3.63) is 28.5 Å². The maximum absolute atomic E-state index is 11.8. The predicted octanol–water partition coefficient (Wildman–Crippen LogP) is 1.80. The summed E-state index contributed by atoms with van der Waals surface area (Å²) < 4.78 is 1.81. The normalized spacial score (nSPS) is 15.0. The molecule has 2 amide bonds. The van der Waals surface area contributed by atoms with E-state index in [-0.39, 0.29) is 18.4 Å². The summed E-state index contributed by atoms with van der Waals surface area (Å²) in [5.74, 6) is -0.365. The van der Waals surface area contributed by atoms with Crippen LogP contribution in [0.3, 0.4) is 0 Å².